The summed E-state index contributed by atoms with van der Waals surface area (Å²) in [7, 11) is -3.49. The molecular weight excluding hydrogens is 286 g/mol. The molecule has 0 atom stereocenters. The second kappa shape index (κ2) is 6.32. The van der Waals surface area contributed by atoms with Crippen LogP contribution >= 0.6 is 0 Å². The van der Waals surface area contributed by atoms with Crippen molar-refractivity contribution in [2.75, 3.05) is 25.0 Å². The number of nitrogens with one attached hydrogen (secondary N) is 1. The zero-order valence-corrected chi connectivity index (χ0v) is 13.9. The Balaban J connectivity index is 2.31. The van der Waals surface area contributed by atoms with Crippen molar-refractivity contribution in [2.45, 2.75) is 44.9 Å². The third-order valence-corrected chi connectivity index (χ3v) is 5.67. The van der Waals surface area contributed by atoms with Crippen LogP contribution in [0.4, 0.5) is 5.82 Å². The number of aromatic nitrogens is 1. The highest BCUT2D eigenvalue weighted by molar-refractivity contribution is 7.89. The summed E-state index contributed by atoms with van der Waals surface area (Å²) in [6.07, 6.45) is 4.52. The molecule has 2 rings (SSSR count). The Morgan fingerprint density at radius 1 is 1.43 bits per heavy atom. The molecule has 1 aliphatic rings. The van der Waals surface area contributed by atoms with Crippen LogP contribution in [0, 0.1) is 5.41 Å². The molecule has 5 nitrogen and oxygen atoms in total. The topological polar surface area (TPSA) is 62.3 Å². The predicted octanol–water partition coefficient (Wildman–Crippen LogP) is 2.71. The Morgan fingerprint density at radius 2 is 2.19 bits per heavy atom. The van der Waals surface area contributed by atoms with Gasteiger partial charge in [-0.1, -0.05) is 20.8 Å². The van der Waals surface area contributed by atoms with Gasteiger partial charge in [0.2, 0.25) is 10.0 Å². The summed E-state index contributed by atoms with van der Waals surface area (Å²) in [4.78, 5) is 4.48. The Morgan fingerprint density at radius 3 is 2.86 bits per heavy atom. The van der Waals surface area contributed by atoms with E-state index in [1.807, 2.05) is 6.92 Å². The largest absolute Gasteiger partial charge is 0.369 e. The van der Waals surface area contributed by atoms with Gasteiger partial charge in [-0.05, 0) is 36.8 Å². The molecule has 21 heavy (non-hydrogen) atoms. The van der Waals surface area contributed by atoms with Crippen LogP contribution in [-0.4, -0.2) is 37.3 Å². The zero-order chi connectivity index (χ0) is 15.5. The summed E-state index contributed by atoms with van der Waals surface area (Å²) < 4.78 is 27.4. The molecule has 0 radical (unpaired) electrons. The summed E-state index contributed by atoms with van der Waals surface area (Å²) in [6, 6.07) is 3.32. The third-order valence-electron chi connectivity index (χ3n) is 3.80. The molecule has 0 unspecified atom stereocenters. The van der Waals surface area contributed by atoms with Gasteiger partial charge in [-0.25, -0.2) is 13.4 Å². The number of hydrogen-bond donors (Lipinski definition) is 1. The van der Waals surface area contributed by atoms with E-state index in [1.54, 1.807) is 22.6 Å². The lowest BCUT2D eigenvalue weighted by molar-refractivity contribution is 0.187. The molecule has 0 amide bonds. The molecule has 1 saturated heterocycles. The lowest BCUT2D eigenvalue weighted by Crippen LogP contribution is -2.43. The van der Waals surface area contributed by atoms with Crippen molar-refractivity contribution in [3.63, 3.8) is 0 Å². The lowest BCUT2D eigenvalue weighted by Gasteiger charge is -2.37. The van der Waals surface area contributed by atoms with Crippen molar-refractivity contribution in [3.8, 4) is 0 Å². The number of piperidine rings is 1. The van der Waals surface area contributed by atoms with Crippen LogP contribution in [-0.2, 0) is 10.0 Å². The van der Waals surface area contributed by atoms with Crippen LogP contribution < -0.4 is 5.32 Å². The molecule has 1 aromatic heterocycles. The van der Waals surface area contributed by atoms with Crippen molar-refractivity contribution in [2.24, 2.45) is 5.41 Å². The predicted molar refractivity (Wildman–Crippen MR) is 84.8 cm³/mol. The van der Waals surface area contributed by atoms with E-state index in [0.717, 1.165) is 19.3 Å². The van der Waals surface area contributed by atoms with E-state index in [0.29, 0.717) is 25.5 Å². The fraction of sp³-hybridized carbons (Fsp3) is 0.667. The first-order valence-corrected chi connectivity index (χ1v) is 9.00. The minimum atomic E-state index is -3.49. The SMILES string of the molecule is CCCNc1ncccc1S(=O)(=O)N1CCCC(C)(C)C1. The van der Waals surface area contributed by atoms with Gasteiger partial charge in [-0.15, -0.1) is 0 Å². The number of nitrogens with zero attached hydrogens (tertiary/aromatic N) is 2. The van der Waals surface area contributed by atoms with Crippen molar-refractivity contribution < 1.29 is 8.42 Å². The van der Waals surface area contributed by atoms with Crippen molar-refractivity contribution in [1.82, 2.24) is 9.29 Å². The van der Waals surface area contributed by atoms with E-state index >= 15 is 0 Å². The van der Waals surface area contributed by atoms with Crippen molar-refractivity contribution >= 4 is 15.8 Å². The monoisotopic (exact) mass is 311 g/mol. The quantitative estimate of drug-likeness (QED) is 0.908. The zero-order valence-electron chi connectivity index (χ0n) is 13.1. The molecule has 1 N–H and O–H groups in total. The number of hydrogen-bond acceptors (Lipinski definition) is 4. The van der Waals surface area contributed by atoms with Crippen LogP contribution in [0.15, 0.2) is 23.2 Å². The van der Waals surface area contributed by atoms with Gasteiger partial charge in [0.05, 0.1) is 0 Å². The molecule has 1 aromatic rings. The molecular formula is C15H25N3O2S. The van der Waals surface area contributed by atoms with E-state index in [4.69, 9.17) is 0 Å². The first-order chi connectivity index (χ1) is 9.87. The van der Waals surface area contributed by atoms with Gasteiger partial charge in [0.25, 0.3) is 0 Å². The highest BCUT2D eigenvalue weighted by Gasteiger charge is 2.35. The van der Waals surface area contributed by atoms with Gasteiger partial charge in [0, 0.05) is 25.8 Å². The van der Waals surface area contributed by atoms with Crippen LogP contribution in [0.25, 0.3) is 0 Å². The Labute approximate surface area is 127 Å². The standard InChI is InChI=1S/C15H25N3O2S/c1-4-9-16-14-13(7-5-10-17-14)21(19,20)18-11-6-8-15(2,3)12-18/h5,7,10H,4,6,8-9,11-12H2,1-3H3,(H,16,17). The van der Waals surface area contributed by atoms with Gasteiger partial charge in [0.1, 0.15) is 10.7 Å². The van der Waals surface area contributed by atoms with Gasteiger partial charge in [-0.2, -0.15) is 4.31 Å². The van der Waals surface area contributed by atoms with Crippen LogP contribution in [0.2, 0.25) is 0 Å². The Kier molecular flexibility index (Phi) is 4.88. The molecule has 118 valence electrons. The van der Waals surface area contributed by atoms with Gasteiger partial charge in [0.15, 0.2) is 0 Å². The minimum absolute atomic E-state index is 0.0323. The van der Waals surface area contributed by atoms with Crippen LogP contribution in [0.1, 0.15) is 40.0 Å². The molecule has 2 heterocycles. The summed E-state index contributed by atoms with van der Waals surface area (Å²) in [6.45, 7) is 8.15. The first-order valence-electron chi connectivity index (χ1n) is 7.56. The highest BCUT2D eigenvalue weighted by atomic mass is 32.2. The second-order valence-electron chi connectivity index (χ2n) is 6.38. The summed E-state index contributed by atoms with van der Waals surface area (Å²) in [5.41, 5.74) is 0.0323. The normalized spacial score (nSPS) is 19.4. The molecule has 0 aliphatic carbocycles. The third kappa shape index (κ3) is 3.74. The average Bonchev–Trinajstić information content (AvgIpc) is 2.44. The summed E-state index contributed by atoms with van der Waals surface area (Å²) in [5.74, 6) is 0.461. The Hall–Kier alpha value is -1.14. The fourth-order valence-electron chi connectivity index (χ4n) is 2.69. The molecule has 1 fully saturated rings. The maximum atomic E-state index is 12.9. The first kappa shape index (κ1) is 16.2. The van der Waals surface area contributed by atoms with E-state index in [9.17, 15) is 8.42 Å². The van der Waals surface area contributed by atoms with E-state index in [2.05, 4.69) is 24.1 Å². The number of rotatable bonds is 5. The second-order valence-corrected chi connectivity index (χ2v) is 8.29. The van der Waals surface area contributed by atoms with Crippen LogP contribution in [0.3, 0.4) is 0 Å². The smallest absolute Gasteiger partial charge is 0.246 e. The maximum absolute atomic E-state index is 12.9. The fourth-order valence-corrected chi connectivity index (χ4v) is 4.48. The Bertz CT molecular complexity index is 584. The number of sulfonamides is 1. The molecule has 0 aromatic carbocycles. The van der Waals surface area contributed by atoms with E-state index in [-0.39, 0.29) is 10.3 Å². The van der Waals surface area contributed by atoms with E-state index < -0.39 is 10.0 Å². The van der Waals surface area contributed by atoms with Gasteiger partial charge < -0.3 is 5.32 Å². The molecule has 0 spiro atoms. The lowest BCUT2D eigenvalue weighted by atomic mass is 9.85. The molecule has 1 aliphatic heterocycles. The molecule has 0 bridgehead atoms. The molecule has 0 saturated carbocycles. The maximum Gasteiger partial charge on any atom is 0.246 e. The van der Waals surface area contributed by atoms with Crippen molar-refractivity contribution in [1.29, 1.82) is 0 Å². The summed E-state index contributed by atoms with van der Waals surface area (Å²) in [5, 5.41) is 3.11. The van der Waals surface area contributed by atoms with Crippen molar-refractivity contribution in [3.05, 3.63) is 18.3 Å². The number of anilines is 1. The van der Waals surface area contributed by atoms with Gasteiger partial charge in [-0.3, -0.25) is 0 Å². The highest BCUT2D eigenvalue weighted by Crippen LogP contribution is 2.33. The van der Waals surface area contributed by atoms with Gasteiger partial charge >= 0.3 is 0 Å². The van der Waals surface area contributed by atoms with E-state index in [1.165, 1.54) is 0 Å². The summed E-state index contributed by atoms with van der Waals surface area (Å²) >= 11 is 0. The number of pyridine rings is 1. The average molecular weight is 311 g/mol. The van der Waals surface area contributed by atoms with Crippen LogP contribution in [0.5, 0.6) is 0 Å². The molecule has 6 heteroatoms. The minimum Gasteiger partial charge on any atom is -0.369 e.